The second-order valence-corrected chi connectivity index (χ2v) is 3.02. The Labute approximate surface area is 66.5 Å². The van der Waals surface area contributed by atoms with E-state index in [1.54, 1.807) is 0 Å². The van der Waals surface area contributed by atoms with Crippen LogP contribution < -0.4 is 5.73 Å². The minimum absolute atomic E-state index is 0.840. The topological polar surface area (TPSA) is 26.0 Å². The predicted octanol–water partition coefficient (Wildman–Crippen LogP) is 2.23. The number of nitrogen functional groups attached to an aromatic ring is 1. The number of hydrogen-bond acceptors (Lipinski definition) is 1. The zero-order valence-electron chi connectivity index (χ0n) is 6.43. The molecule has 2 rings (SSSR count). The molecule has 56 valence electrons. The van der Waals surface area contributed by atoms with Crippen molar-refractivity contribution in [3.8, 4) is 0 Å². The lowest BCUT2D eigenvalue weighted by Gasteiger charge is -1.99. The van der Waals surface area contributed by atoms with E-state index in [1.807, 2.05) is 12.1 Å². The molecule has 0 unspecified atom stereocenters. The average Bonchev–Trinajstić information content (AvgIpc) is 2.33. The molecule has 0 aliphatic heterocycles. The zero-order valence-corrected chi connectivity index (χ0v) is 6.43. The highest BCUT2D eigenvalue weighted by atomic mass is 14.5. The molecule has 0 amide bonds. The molecule has 1 nitrogen and oxygen atoms in total. The average molecular weight is 145 g/mol. The van der Waals surface area contributed by atoms with Crippen LogP contribution in [0.15, 0.2) is 24.8 Å². The molecular formula is C10H11N. The minimum atomic E-state index is 0.840. The molecule has 1 aliphatic carbocycles. The van der Waals surface area contributed by atoms with Crippen molar-refractivity contribution in [1.29, 1.82) is 0 Å². The molecule has 1 aromatic carbocycles. The van der Waals surface area contributed by atoms with Crippen LogP contribution in [-0.4, -0.2) is 0 Å². The molecule has 0 heterocycles. The summed E-state index contributed by atoms with van der Waals surface area (Å²) in [5.74, 6) is 0. The Bertz CT molecular complexity index is 313. The number of fused-ring (bicyclic) bond motifs is 1. The molecular weight excluding hydrogens is 134 g/mol. The fourth-order valence-electron chi connectivity index (χ4n) is 1.56. The monoisotopic (exact) mass is 145 g/mol. The molecule has 0 saturated heterocycles. The van der Waals surface area contributed by atoms with Crippen molar-refractivity contribution in [3.05, 3.63) is 35.9 Å². The first-order chi connectivity index (χ1) is 5.27. The summed E-state index contributed by atoms with van der Waals surface area (Å²) in [6, 6.07) is 6.07. The van der Waals surface area contributed by atoms with Crippen LogP contribution in [0.3, 0.4) is 0 Å². The van der Waals surface area contributed by atoms with E-state index in [1.165, 1.54) is 16.7 Å². The van der Waals surface area contributed by atoms with Crippen LogP contribution in [0.25, 0.3) is 5.57 Å². The lowest BCUT2D eigenvalue weighted by atomic mass is 10.1. The summed E-state index contributed by atoms with van der Waals surface area (Å²) in [7, 11) is 0. The maximum atomic E-state index is 5.65. The van der Waals surface area contributed by atoms with Gasteiger partial charge in [0.2, 0.25) is 0 Å². The number of anilines is 1. The Balaban J connectivity index is 2.60. The first-order valence-corrected chi connectivity index (χ1v) is 3.84. The van der Waals surface area contributed by atoms with Gasteiger partial charge in [0.25, 0.3) is 0 Å². The van der Waals surface area contributed by atoms with Crippen LogP contribution in [0.1, 0.15) is 17.5 Å². The summed E-state index contributed by atoms with van der Waals surface area (Å²) >= 11 is 0. The van der Waals surface area contributed by atoms with E-state index in [0.717, 1.165) is 18.5 Å². The van der Waals surface area contributed by atoms with E-state index in [-0.39, 0.29) is 0 Å². The van der Waals surface area contributed by atoms with Gasteiger partial charge >= 0.3 is 0 Å². The fraction of sp³-hybridized carbons (Fsp3) is 0.200. The van der Waals surface area contributed by atoms with Gasteiger partial charge in [0.15, 0.2) is 0 Å². The van der Waals surface area contributed by atoms with E-state index < -0.39 is 0 Å². The SMILES string of the molecule is C=C1CCc2ccc(N)cc21. The van der Waals surface area contributed by atoms with Gasteiger partial charge in [-0.15, -0.1) is 0 Å². The number of hydrogen-bond donors (Lipinski definition) is 1. The molecule has 0 fully saturated rings. The smallest absolute Gasteiger partial charge is 0.0320 e. The minimum Gasteiger partial charge on any atom is -0.399 e. The highest BCUT2D eigenvalue weighted by molar-refractivity contribution is 5.73. The van der Waals surface area contributed by atoms with Crippen molar-refractivity contribution in [2.45, 2.75) is 12.8 Å². The predicted molar refractivity (Wildman–Crippen MR) is 48.2 cm³/mol. The van der Waals surface area contributed by atoms with E-state index >= 15 is 0 Å². The number of allylic oxidation sites excluding steroid dienone is 1. The van der Waals surface area contributed by atoms with Gasteiger partial charge < -0.3 is 5.73 Å². The molecule has 0 saturated carbocycles. The Morgan fingerprint density at radius 2 is 2.09 bits per heavy atom. The van der Waals surface area contributed by atoms with Gasteiger partial charge in [-0.05, 0) is 41.7 Å². The van der Waals surface area contributed by atoms with Crippen molar-refractivity contribution in [2.75, 3.05) is 5.73 Å². The van der Waals surface area contributed by atoms with Crippen molar-refractivity contribution in [2.24, 2.45) is 0 Å². The van der Waals surface area contributed by atoms with Crippen LogP contribution in [0, 0.1) is 0 Å². The molecule has 1 aliphatic rings. The van der Waals surface area contributed by atoms with Crippen LogP contribution in [0.2, 0.25) is 0 Å². The Morgan fingerprint density at radius 3 is 2.91 bits per heavy atom. The first kappa shape index (κ1) is 6.47. The van der Waals surface area contributed by atoms with Gasteiger partial charge in [0.1, 0.15) is 0 Å². The van der Waals surface area contributed by atoms with Crippen molar-refractivity contribution >= 4 is 11.3 Å². The molecule has 0 bridgehead atoms. The van der Waals surface area contributed by atoms with Gasteiger partial charge in [-0.2, -0.15) is 0 Å². The third-order valence-corrected chi connectivity index (χ3v) is 2.21. The molecule has 0 aromatic heterocycles. The Kier molecular flexibility index (Phi) is 1.25. The summed E-state index contributed by atoms with van der Waals surface area (Å²) in [6.45, 7) is 3.98. The maximum Gasteiger partial charge on any atom is 0.0320 e. The first-order valence-electron chi connectivity index (χ1n) is 3.84. The van der Waals surface area contributed by atoms with Crippen LogP contribution in [0.4, 0.5) is 5.69 Å². The third kappa shape index (κ3) is 0.929. The normalized spacial score (nSPS) is 15.1. The van der Waals surface area contributed by atoms with Crippen LogP contribution >= 0.6 is 0 Å². The zero-order chi connectivity index (χ0) is 7.84. The summed E-state index contributed by atoms with van der Waals surface area (Å²) in [6.07, 6.45) is 2.23. The lowest BCUT2D eigenvalue weighted by molar-refractivity contribution is 1.08. The van der Waals surface area contributed by atoms with Gasteiger partial charge in [-0.1, -0.05) is 12.6 Å². The summed E-state index contributed by atoms with van der Waals surface area (Å²) in [5, 5.41) is 0. The van der Waals surface area contributed by atoms with Crippen molar-refractivity contribution in [3.63, 3.8) is 0 Å². The standard InChI is InChI=1S/C10H11N/c1-7-2-3-8-4-5-9(11)6-10(7)8/h4-6H,1-3,11H2. The second kappa shape index (κ2) is 2.12. The largest absolute Gasteiger partial charge is 0.399 e. The van der Waals surface area contributed by atoms with Gasteiger partial charge in [-0.25, -0.2) is 0 Å². The maximum absolute atomic E-state index is 5.65. The molecule has 2 N–H and O–H groups in total. The summed E-state index contributed by atoms with van der Waals surface area (Å²) in [4.78, 5) is 0. The summed E-state index contributed by atoms with van der Waals surface area (Å²) < 4.78 is 0. The lowest BCUT2D eigenvalue weighted by Crippen LogP contribution is -1.87. The van der Waals surface area contributed by atoms with Gasteiger partial charge in [0, 0.05) is 5.69 Å². The number of benzene rings is 1. The van der Waals surface area contributed by atoms with Crippen molar-refractivity contribution < 1.29 is 0 Å². The molecule has 0 radical (unpaired) electrons. The van der Waals surface area contributed by atoms with E-state index in [0.29, 0.717) is 0 Å². The molecule has 1 aromatic rings. The molecule has 1 heteroatoms. The molecule has 0 spiro atoms. The fourth-order valence-corrected chi connectivity index (χ4v) is 1.56. The van der Waals surface area contributed by atoms with E-state index in [2.05, 4.69) is 12.6 Å². The Morgan fingerprint density at radius 1 is 1.27 bits per heavy atom. The number of nitrogens with two attached hydrogens (primary N) is 1. The second-order valence-electron chi connectivity index (χ2n) is 3.02. The Hall–Kier alpha value is -1.24. The highest BCUT2D eigenvalue weighted by Gasteiger charge is 2.13. The van der Waals surface area contributed by atoms with Crippen LogP contribution in [0.5, 0.6) is 0 Å². The molecule has 11 heavy (non-hydrogen) atoms. The highest BCUT2D eigenvalue weighted by Crippen LogP contribution is 2.31. The number of rotatable bonds is 0. The number of aryl methyl sites for hydroxylation is 1. The quantitative estimate of drug-likeness (QED) is 0.556. The molecule has 0 atom stereocenters. The van der Waals surface area contributed by atoms with Crippen molar-refractivity contribution in [1.82, 2.24) is 0 Å². The third-order valence-electron chi connectivity index (χ3n) is 2.21. The van der Waals surface area contributed by atoms with E-state index in [9.17, 15) is 0 Å². The van der Waals surface area contributed by atoms with Gasteiger partial charge in [0.05, 0.1) is 0 Å². The summed E-state index contributed by atoms with van der Waals surface area (Å²) in [5.41, 5.74) is 10.4. The van der Waals surface area contributed by atoms with Crippen LogP contribution in [-0.2, 0) is 6.42 Å². The van der Waals surface area contributed by atoms with Gasteiger partial charge in [-0.3, -0.25) is 0 Å². The van der Waals surface area contributed by atoms with E-state index in [4.69, 9.17) is 5.73 Å².